The fourth-order valence-electron chi connectivity index (χ4n) is 2.30. The van der Waals surface area contributed by atoms with Gasteiger partial charge in [-0.3, -0.25) is 0 Å². The van der Waals surface area contributed by atoms with Crippen LogP contribution >= 0.6 is 0 Å². The number of aryl methyl sites for hydroxylation is 1. The van der Waals surface area contributed by atoms with Crippen molar-refractivity contribution >= 4 is 6.03 Å². The van der Waals surface area contributed by atoms with Gasteiger partial charge in [-0.15, -0.1) is 0 Å². The van der Waals surface area contributed by atoms with Gasteiger partial charge in [0, 0.05) is 13.7 Å². The van der Waals surface area contributed by atoms with E-state index in [-0.39, 0.29) is 6.03 Å². The summed E-state index contributed by atoms with van der Waals surface area (Å²) in [6.07, 6.45) is 0. The Balaban J connectivity index is 1.68. The van der Waals surface area contributed by atoms with Gasteiger partial charge in [0.2, 0.25) is 0 Å². The number of carbonyl (C=O) groups excluding carboxylic acids is 1. The van der Waals surface area contributed by atoms with Crippen LogP contribution in [-0.4, -0.2) is 26.3 Å². The van der Waals surface area contributed by atoms with Crippen LogP contribution in [0.4, 0.5) is 4.79 Å². The molecule has 2 aromatic carbocycles. The Kier molecular flexibility index (Phi) is 7.11. The van der Waals surface area contributed by atoms with Crippen molar-refractivity contribution in [2.75, 3.05) is 20.3 Å². The standard InChI is InChI=1S/C19H24N2O3/c1-15-6-5-9-18(12-15)24-11-10-20-19(22)21-13-16-7-3-4-8-17(16)14-23-2/h3-9,12H,10-11,13-14H2,1-2H3,(H2,20,21,22). The van der Waals surface area contributed by atoms with Gasteiger partial charge in [0.25, 0.3) is 0 Å². The molecule has 0 fully saturated rings. The van der Waals surface area contributed by atoms with Crippen LogP contribution in [0, 0.1) is 6.92 Å². The highest BCUT2D eigenvalue weighted by Gasteiger charge is 2.04. The van der Waals surface area contributed by atoms with E-state index in [4.69, 9.17) is 9.47 Å². The third-order valence-electron chi connectivity index (χ3n) is 3.50. The highest BCUT2D eigenvalue weighted by atomic mass is 16.5. The lowest BCUT2D eigenvalue weighted by Crippen LogP contribution is -2.37. The van der Waals surface area contributed by atoms with Crippen molar-refractivity contribution < 1.29 is 14.3 Å². The molecule has 0 spiro atoms. The lowest BCUT2D eigenvalue weighted by atomic mass is 10.1. The van der Waals surface area contributed by atoms with Gasteiger partial charge >= 0.3 is 6.03 Å². The Morgan fingerprint density at radius 3 is 2.58 bits per heavy atom. The predicted molar refractivity (Wildman–Crippen MR) is 94.1 cm³/mol. The number of hydrogen-bond donors (Lipinski definition) is 2. The average Bonchev–Trinajstić information content (AvgIpc) is 2.58. The van der Waals surface area contributed by atoms with Gasteiger partial charge in [-0.1, -0.05) is 36.4 Å². The SMILES string of the molecule is COCc1ccccc1CNC(=O)NCCOc1cccc(C)c1. The molecule has 0 heterocycles. The molecular formula is C19H24N2O3. The number of methoxy groups -OCH3 is 1. The second kappa shape index (κ2) is 9.57. The van der Waals surface area contributed by atoms with Gasteiger partial charge in [0.1, 0.15) is 12.4 Å². The highest BCUT2D eigenvalue weighted by molar-refractivity contribution is 5.73. The van der Waals surface area contributed by atoms with Gasteiger partial charge in [-0.25, -0.2) is 4.79 Å². The van der Waals surface area contributed by atoms with Crippen LogP contribution < -0.4 is 15.4 Å². The van der Waals surface area contributed by atoms with E-state index in [1.807, 2.05) is 55.5 Å². The Hall–Kier alpha value is -2.53. The number of benzene rings is 2. The number of nitrogens with one attached hydrogen (secondary N) is 2. The molecule has 0 saturated heterocycles. The first-order valence-electron chi connectivity index (χ1n) is 7.96. The van der Waals surface area contributed by atoms with Crippen molar-refractivity contribution in [2.45, 2.75) is 20.1 Å². The summed E-state index contributed by atoms with van der Waals surface area (Å²) in [4.78, 5) is 11.8. The number of amides is 2. The Bertz CT molecular complexity index is 659. The van der Waals surface area contributed by atoms with E-state index in [0.717, 1.165) is 22.4 Å². The quantitative estimate of drug-likeness (QED) is 0.732. The number of carbonyl (C=O) groups is 1. The van der Waals surface area contributed by atoms with E-state index in [1.165, 1.54) is 0 Å². The molecule has 2 amide bonds. The normalized spacial score (nSPS) is 10.2. The number of hydrogen-bond acceptors (Lipinski definition) is 3. The summed E-state index contributed by atoms with van der Waals surface area (Å²) in [5.41, 5.74) is 3.27. The number of rotatable bonds is 8. The summed E-state index contributed by atoms with van der Waals surface area (Å²) < 4.78 is 10.8. The molecule has 0 unspecified atom stereocenters. The van der Waals surface area contributed by atoms with Gasteiger partial charge in [-0.05, 0) is 35.7 Å². The Morgan fingerprint density at radius 1 is 1.04 bits per heavy atom. The van der Waals surface area contributed by atoms with Gasteiger partial charge in [0.05, 0.1) is 13.2 Å². The van der Waals surface area contributed by atoms with Crippen molar-refractivity contribution in [1.29, 1.82) is 0 Å². The largest absolute Gasteiger partial charge is 0.492 e. The molecule has 0 radical (unpaired) electrons. The molecule has 0 aromatic heterocycles. The Labute approximate surface area is 143 Å². The van der Waals surface area contributed by atoms with E-state index in [0.29, 0.717) is 26.3 Å². The minimum Gasteiger partial charge on any atom is -0.492 e. The lowest BCUT2D eigenvalue weighted by molar-refractivity contribution is 0.184. The summed E-state index contributed by atoms with van der Waals surface area (Å²) in [6.45, 7) is 3.88. The van der Waals surface area contributed by atoms with Crippen LogP contribution in [0.2, 0.25) is 0 Å². The van der Waals surface area contributed by atoms with Gasteiger partial charge in [0.15, 0.2) is 0 Å². The number of urea groups is 1. The first-order chi connectivity index (χ1) is 11.7. The fraction of sp³-hybridized carbons (Fsp3) is 0.316. The highest BCUT2D eigenvalue weighted by Crippen LogP contribution is 2.12. The predicted octanol–water partition coefficient (Wildman–Crippen LogP) is 3.02. The second-order valence-electron chi connectivity index (χ2n) is 5.48. The van der Waals surface area contributed by atoms with E-state index >= 15 is 0 Å². The van der Waals surface area contributed by atoms with E-state index < -0.39 is 0 Å². The van der Waals surface area contributed by atoms with Crippen LogP contribution in [-0.2, 0) is 17.9 Å². The van der Waals surface area contributed by atoms with E-state index in [1.54, 1.807) is 7.11 Å². The summed E-state index contributed by atoms with van der Waals surface area (Å²) in [7, 11) is 1.66. The van der Waals surface area contributed by atoms with Gasteiger partial charge < -0.3 is 20.1 Å². The molecule has 2 rings (SSSR count). The van der Waals surface area contributed by atoms with Crippen molar-refractivity contribution in [3.05, 3.63) is 65.2 Å². The number of ether oxygens (including phenoxy) is 2. The van der Waals surface area contributed by atoms with E-state index in [2.05, 4.69) is 10.6 Å². The molecule has 128 valence electrons. The van der Waals surface area contributed by atoms with Crippen molar-refractivity contribution in [3.8, 4) is 5.75 Å². The molecule has 0 aliphatic carbocycles. The van der Waals surface area contributed by atoms with Crippen molar-refractivity contribution in [2.24, 2.45) is 0 Å². The minimum atomic E-state index is -0.213. The summed E-state index contributed by atoms with van der Waals surface area (Å²) in [5.74, 6) is 0.811. The molecule has 5 nitrogen and oxygen atoms in total. The summed E-state index contributed by atoms with van der Waals surface area (Å²) >= 11 is 0. The molecule has 2 N–H and O–H groups in total. The topological polar surface area (TPSA) is 59.6 Å². The van der Waals surface area contributed by atoms with Crippen LogP contribution in [0.15, 0.2) is 48.5 Å². The van der Waals surface area contributed by atoms with Crippen LogP contribution in [0.25, 0.3) is 0 Å². The summed E-state index contributed by atoms with van der Waals surface area (Å²) in [5, 5.41) is 5.63. The first kappa shape index (κ1) is 17.8. The fourth-order valence-corrected chi connectivity index (χ4v) is 2.30. The molecule has 0 aliphatic heterocycles. The zero-order valence-electron chi connectivity index (χ0n) is 14.2. The van der Waals surface area contributed by atoms with Gasteiger partial charge in [-0.2, -0.15) is 0 Å². The smallest absolute Gasteiger partial charge is 0.315 e. The molecule has 0 saturated carbocycles. The summed E-state index contributed by atoms with van der Waals surface area (Å²) in [6, 6.07) is 15.5. The van der Waals surface area contributed by atoms with Crippen LogP contribution in [0.1, 0.15) is 16.7 Å². The first-order valence-corrected chi connectivity index (χ1v) is 7.96. The van der Waals surface area contributed by atoms with Crippen LogP contribution in [0.3, 0.4) is 0 Å². The van der Waals surface area contributed by atoms with Crippen molar-refractivity contribution in [1.82, 2.24) is 10.6 Å². The van der Waals surface area contributed by atoms with Crippen molar-refractivity contribution in [3.63, 3.8) is 0 Å². The molecule has 0 aliphatic rings. The third-order valence-corrected chi connectivity index (χ3v) is 3.50. The zero-order chi connectivity index (χ0) is 17.2. The lowest BCUT2D eigenvalue weighted by Gasteiger charge is -2.11. The Morgan fingerprint density at radius 2 is 1.83 bits per heavy atom. The molecule has 5 heteroatoms. The maximum Gasteiger partial charge on any atom is 0.315 e. The zero-order valence-corrected chi connectivity index (χ0v) is 14.2. The maximum absolute atomic E-state index is 11.8. The second-order valence-corrected chi connectivity index (χ2v) is 5.48. The molecule has 0 bridgehead atoms. The van der Waals surface area contributed by atoms with Crippen LogP contribution in [0.5, 0.6) is 5.75 Å². The van der Waals surface area contributed by atoms with E-state index in [9.17, 15) is 4.79 Å². The molecule has 24 heavy (non-hydrogen) atoms. The average molecular weight is 328 g/mol. The monoisotopic (exact) mass is 328 g/mol. The molecule has 2 aromatic rings. The molecule has 0 atom stereocenters. The maximum atomic E-state index is 11.8. The minimum absolute atomic E-state index is 0.213. The molecular weight excluding hydrogens is 304 g/mol. The third kappa shape index (κ3) is 5.93.